The molecule has 12 aromatic rings. The molecule has 0 aliphatic heterocycles. The summed E-state index contributed by atoms with van der Waals surface area (Å²) < 4.78 is 8.75. The van der Waals surface area contributed by atoms with Gasteiger partial charge < -0.3 is 8.98 Å². The second-order valence-corrected chi connectivity index (χ2v) is 17.6. The maximum Gasteiger partial charge on any atom is 0.164 e. The van der Waals surface area contributed by atoms with Crippen molar-refractivity contribution in [2.75, 3.05) is 0 Å². The van der Waals surface area contributed by atoms with Crippen LogP contribution in [0.5, 0.6) is 0 Å². The molecule has 0 N–H and O–H groups in total. The van der Waals surface area contributed by atoms with Crippen molar-refractivity contribution in [2.24, 2.45) is 0 Å². The normalized spacial score (nSPS) is 12.9. The lowest BCUT2D eigenvalue weighted by molar-refractivity contribution is 0.660. The van der Waals surface area contributed by atoms with Crippen molar-refractivity contribution in [3.05, 3.63) is 217 Å². The van der Waals surface area contributed by atoms with Crippen LogP contribution in [0.1, 0.15) is 25.0 Å². The number of aromatic nitrogens is 4. The molecule has 0 amide bonds. The van der Waals surface area contributed by atoms with E-state index in [1.165, 1.54) is 55.2 Å². The van der Waals surface area contributed by atoms with Crippen LogP contribution in [0.2, 0.25) is 0 Å². The quantitative estimate of drug-likeness (QED) is 0.167. The van der Waals surface area contributed by atoms with Crippen molar-refractivity contribution in [1.29, 1.82) is 0 Å². The summed E-state index contributed by atoms with van der Waals surface area (Å²) >= 11 is 0. The number of nitrogens with zero attached hydrogens (tertiary/aromatic N) is 4. The Morgan fingerprint density at radius 3 is 1.82 bits per heavy atom. The van der Waals surface area contributed by atoms with E-state index < -0.39 is 0 Å². The first-order valence-corrected chi connectivity index (χ1v) is 22.2. The fourth-order valence-electron chi connectivity index (χ4n) is 10.4. The first-order chi connectivity index (χ1) is 32.0. The van der Waals surface area contributed by atoms with E-state index in [0.29, 0.717) is 17.5 Å². The first-order valence-electron chi connectivity index (χ1n) is 22.2. The summed E-state index contributed by atoms with van der Waals surface area (Å²) in [4.78, 5) is 15.3. The van der Waals surface area contributed by atoms with Gasteiger partial charge in [-0.05, 0) is 81.4 Å². The summed E-state index contributed by atoms with van der Waals surface area (Å²) in [6.07, 6.45) is 0. The van der Waals surface area contributed by atoms with Crippen LogP contribution in [0, 0.1) is 0 Å². The molecule has 0 saturated heterocycles. The van der Waals surface area contributed by atoms with E-state index in [-0.39, 0.29) is 5.41 Å². The second-order valence-electron chi connectivity index (χ2n) is 17.6. The van der Waals surface area contributed by atoms with Crippen LogP contribution in [0.3, 0.4) is 0 Å². The van der Waals surface area contributed by atoms with Crippen LogP contribution in [-0.2, 0) is 5.41 Å². The molecule has 9 aromatic carbocycles. The van der Waals surface area contributed by atoms with Crippen LogP contribution in [-0.4, -0.2) is 19.5 Å². The first kappa shape index (κ1) is 37.2. The topological polar surface area (TPSA) is 56.7 Å². The Balaban J connectivity index is 0.953. The third-order valence-corrected chi connectivity index (χ3v) is 13.5. The third kappa shape index (κ3) is 5.82. The highest BCUT2D eigenvalue weighted by Gasteiger charge is 2.37. The van der Waals surface area contributed by atoms with Gasteiger partial charge >= 0.3 is 0 Å². The molecule has 65 heavy (non-hydrogen) atoms. The van der Waals surface area contributed by atoms with Crippen molar-refractivity contribution >= 4 is 43.7 Å². The lowest BCUT2D eigenvalue weighted by Gasteiger charge is -2.21. The number of hydrogen-bond donors (Lipinski definition) is 0. The van der Waals surface area contributed by atoms with E-state index in [9.17, 15) is 0 Å². The Hall–Kier alpha value is -8.41. The monoisotopic (exact) mass is 832 g/mol. The molecule has 0 saturated carbocycles. The van der Waals surface area contributed by atoms with Crippen molar-refractivity contribution in [2.45, 2.75) is 19.3 Å². The van der Waals surface area contributed by atoms with Crippen LogP contribution in [0.4, 0.5) is 0 Å². The van der Waals surface area contributed by atoms with Crippen LogP contribution in [0.25, 0.3) is 117 Å². The van der Waals surface area contributed by atoms with E-state index in [2.05, 4.69) is 170 Å². The van der Waals surface area contributed by atoms with Gasteiger partial charge in [-0.15, -0.1) is 0 Å². The molecule has 5 heteroatoms. The lowest BCUT2D eigenvalue weighted by atomic mass is 9.82. The molecule has 0 atom stereocenters. The van der Waals surface area contributed by atoms with E-state index in [1.807, 2.05) is 54.6 Å². The molecule has 3 heterocycles. The molecule has 13 rings (SSSR count). The maximum atomic E-state index is 6.29. The van der Waals surface area contributed by atoms with E-state index in [0.717, 1.165) is 55.4 Å². The average Bonchev–Trinajstić information content (AvgIpc) is 3.99. The summed E-state index contributed by atoms with van der Waals surface area (Å²) in [7, 11) is 0. The Bertz CT molecular complexity index is 3880. The Morgan fingerprint density at radius 2 is 0.954 bits per heavy atom. The van der Waals surface area contributed by atoms with Crippen LogP contribution >= 0.6 is 0 Å². The van der Waals surface area contributed by atoms with Gasteiger partial charge in [-0.25, -0.2) is 15.0 Å². The highest BCUT2D eigenvalue weighted by molar-refractivity contribution is 6.15. The molecule has 3 aromatic heterocycles. The van der Waals surface area contributed by atoms with Gasteiger partial charge in [0.15, 0.2) is 17.5 Å². The number of rotatable bonds is 6. The van der Waals surface area contributed by atoms with Crippen molar-refractivity contribution in [3.8, 4) is 73.2 Å². The minimum atomic E-state index is -0.0961. The molecule has 0 radical (unpaired) electrons. The fraction of sp³-hybridized carbons (Fsp3) is 0.0500. The minimum Gasteiger partial charge on any atom is -0.456 e. The van der Waals surface area contributed by atoms with Gasteiger partial charge in [0.1, 0.15) is 11.2 Å². The molecule has 1 aliphatic carbocycles. The largest absolute Gasteiger partial charge is 0.456 e. The molecule has 0 unspecified atom stereocenters. The Labute approximate surface area is 376 Å². The summed E-state index contributed by atoms with van der Waals surface area (Å²) in [5.41, 5.74) is 17.7. The van der Waals surface area contributed by atoms with E-state index in [4.69, 9.17) is 19.4 Å². The van der Waals surface area contributed by atoms with Gasteiger partial charge in [-0.2, -0.15) is 0 Å². The van der Waals surface area contributed by atoms with Crippen molar-refractivity contribution < 1.29 is 4.42 Å². The summed E-state index contributed by atoms with van der Waals surface area (Å²) in [5.74, 6) is 1.80. The van der Waals surface area contributed by atoms with Gasteiger partial charge in [0, 0.05) is 54.9 Å². The van der Waals surface area contributed by atoms with Gasteiger partial charge in [0.05, 0.1) is 11.0 Å². The zero-order valence-corrected chi connectivity index (χ0v) is 35.8. The number of benzene rings is 9. The Kier molecular flexibility index (Phi) is 8.18. The highest BCUT2D eigenvalue weighted by Crippen LogP contribution is 2.53. The molecule has 0 fully saturated rings. The molecule has 5 nitrogen and oxygen atoms in total. The molecular formula is C60H40N4O. The summed E-state index contributed by atoms with van der Waals surface area (Å²) in [5, 5.41) is 4.61. The summed E-state index contributed by atoms with van der Waals surface area (Å²) in [6.45, 7) is 4.70. The molecule has 306 valence electrons. The van der Waals surface area contributed by atoms with Gasteiger partial charge in [0.2, 0.25) is 0 Å². The van der Waals surface area contributed by atoms with E-state index >= 15 is 0 Å². The predicted molar refractivity (Wildman–Crippen MR) is 266 cm³/mol. The average molecular weight is 833 g/mol. The Morgan fingerprint density at radius 1 is 0.385 bits per heavy atom. The highest BCUT2D eigenvalue weighted by atomic mass is 16.3. The molecule has 1 aliphatic rings. The molecule has 0 spiro atoms. The maximum absolute atomic E-state index is 6.29. The fourth-order valence-corrected chi connectivity index (χ4v) is 10.4. The number of fused-ring (bicyclic) bond motifs is 9. The number of furan rings is 1. The minimum absolute atomic E-state index is 0.0961. The van der Waals surface area contributed by atoms with Gasteiger partial charge in [0.25, 0.3) is 0 Å². The standard InChI is InChI=1S/C60H40N4O/c1-60(2)50-28-9-6-24-49(50)55-46(25-15-29-51(55)60)48-27-14-26-47-43-22-7-10-30-52(43)64(56(47)48)42-21-13-19-39(35-42)38-18-12-20-40(34-38)58-61-57(37-16-4-3-5-17-37)62-59(63-58)41-32-33-45-44-23-8-11-31-53(44)65-54(45)36-41/h3-36H,1-2H3. The number of hydrogen-bond acceptors (Lipinski definition) is 4. The van der Waals surface area contributed by atoms with Gasteiger partial charge in [-0.1, -0.05) is 178 Å². The zero-order chi connectivity index (χ0) is 43.2. The predicted octanol–water partition coefficient (Wildman–Crippen LogP) is 15.5. The van der Waals surface area contributed by atoms with Gasteiger partial charge in [-0.3, -0.25) is 0 Å². The van der Waals surface area contributed by atoms with Crippen LogP contribution in [0.15, 0.2) is 211 Å². The second kappa shape index (κ2) is 14.3. The van der Waals surface area contributed by atoms with E-state index in [1.54, 1.807) is 0 Å². The van der Waals surface area contributed by atoms with Crippen LogP contribution < -0.4 is 0 Å². The smallest absolute Gasteiger partial charge is 0.164 e. The number of para-hydroxylation sites is 3. The molecular weight excluding hydrogens is 793 g/mol. The zero-order valence-electron chi connectivity index (χ0n) is 35.8. The SMILES string of the molecule is CC1(C)c2ccccc2-c2c(-c3cccc4c5ccccc5n(-c5cccc(-c6cccc(-c7nc(-c8ccccc8)nc(-c8ccc9c(c8)oc8ccccc89)n7)c6)c5)c34)cccc21. The lowest BCUT2D eigenvalue weighted by Crippen LogP contribution is -2.14. The van der Waals surface area contributed by atoms with Crippen molar-refractivity contribution in [3.63, 3.8) is 0 Å². The summed E-state index contributed by atoms with van der Waals surface area (Å²) in [6, 6.07) is 73.2. The third-order valence-electron chi connectivity index (χ3n) is 13.5. The van der Waals surface area contributed by atoms with Crippen molar-refractivity contribution in [1.82, 2.24) is 19.5 Å². The molecule has 0 bridgehead atoms.